The summed E-state index contributed by atoms with van der Waals surface area (Å²) in [5.74, 6) is 5.07. The summed E-state index contributed by atoms with van der Waals surface area (Å²) in [6.07, 6.45) is 3.11. The smallest absolute Gasteiger partial charge is 0.344 e. The molecule has 0 saturated carbocycles. The second-order valence-electron chi connectivity index (χ2n) is 2.66. The number of hydrogen-bond acceptors (Lipinski definition) is 5. The lowest BCUT2D eigenvalue weighted by atomic mass is 9.95. The zero-order valence-corrected chi connectivity index (χ0v) is 8.32. The molecule has 0 spiro atoms. The van der Waals surface area contributed by atoms with E-state index < -0.39 is 11.5 Å². The third kappa shape index (κ3) is 3.00. The first-order chi connectivity index (χ1) is 5.60. The Hall–Kier alpha value is -0.260. The maximum absolute atomic E-state index is 11.1. The van der Waals surface area contributed by atoms with E-state index in [1.165, 1.54) is 0 Å². The van der Waals surface area contributed by atoms with Crippen molar-refractivity contribution < 1.29 is 9.63 Å². The van der Waals surface area contributed by atoms with Gasteiger partial charge in [0.15, 0.2) is 0 Å². The highest BCUT2D eigenvalue weighted by Gasteiger charge is 2.32. The molecule has 4 N–H and O–H groups in total. The van der Waals surface area contributed by atoms with E-state index in [9.17, 15) is 4.79 Å². The normalized spacial score (nSPS) is 15.3. The van der Waals surface area contributed by atoms with Gasteiger partial charge in [-0.3, -0.25) is 0 Å². The monoisotopic (exact) mass is 192 g/mol. The van der Waals surface area contributed by atoms with Crippen molar-refractivity contribution in [2.45, 2.75) is 25.3 Å². The average Bonchev–Trinajstić information content (AvgIpc) is 2.12. The third-order valence-electron chi connectivity index (χ3n) is 1.90. The molecule has 0 fully saturated rings. The molecule has 0 rings (SSSR count). The van der Waals surface area contributed by atoms with Crippen LogP contribution in [0, 0.1) is 0 Å². The quantitative estimate of drug-likeness (QED) is 0.611. The van der Waals surface area contributed by atoms with Crippen LogP contribution in [-0.2, 0) is 9.63 Å². The summed E-state index contributed by atoms with van der Waals surface area (Å²) in [7, 11) is 0. The fourth-order valence-corrected chi connectivity index (χ4v) is 1.39. The standard InChI is InChI=1S/C7H16N2O2S/c1-3-7(8,4-5-12-2)6(10)11-9/h3-5,8-9H2,1-2H3. The van der Waals surface area contributed by atoms with Crippen molar-refractivity contribution in [3.05, 3.63) is 0 Å². The third-order valence-corrected chi connectivity index (χ3v) is 2.51. The van der Waals surface area contributed by atoms with E-state index in [1.807, 2.05) is 13.2 Å². The van der Waals surface area contributed by atoms with Crippen LogP contribution in [0.5, 0.6) is 0 Å². The molecule has 72 valence electrons. The van der Waals surface area contributed by atoms with Crippen LogP contribution in [-0.4, -0.2) is 23.5 Å². The number of carbonyl (C=O) groups is 1. The highest BCUT2D eigenvalue weighted by Crippen LogP contribution is 2.15. The molecule has 0 heterocycles. The van der Waals surface area contributed by atoms with Gasteiger partial charge in [-0.15, -0.1) is 0 Å². The molecule has 0 saturated heterocycles. The van der Waals surface area contributed by atoms with Crippen molar-refractivity contribution in [1.29, 1.82) is 0 Å². The molecule has 1 atom stereocenters. The predicted octanol–water partition coefficient (Wildman–Crippen LogP) is 0.264. The first kappa shape index (κ1) is 11.7. The van der Waals surface area contributed by atoms with Crippen LogP contribution < -0.4 is 11.6 Å². The topological polar surface area (TPSA) is 78.3 Å². The van der Waals surface area contributed by atoms with E-state index in [2.05, 4.69) is 4.84 Å². The number of thioether (sulfide) groups is 1. The molecular weight excluding hydrogens is 176 g/mol. The molecule has 0 amide bonds. The lowest BCUT2D eigenvalue weighted by Crippen LogP contribution is -2.49. The minimum absolute atomic E-state index is 0.529. The molecule has 0 aromatic carbocycles. The first-order valence-electron chi connectivity index (χ1n) is 3.79. The van der Waals surface area contributed by atoms with Gasteiger partial charge in [0.25, 0.3) is 0 Å². The van der Waals surface area contributed by atoms with E-state index in [0.29, 0.717) is 12.8 Å². The fourth-order valence-electron chi connectivity index (χ4n) is 0.825. The predicted molar refractivity (Wildman–Crippen MR) is 50.5 cm³/mol. The van der Waals surface area contributed by atoms with Gasteiger partial charge in [-0.1, -0.05) is 6.92 Å². The van der Waals surface area contributed by atoms with Crippen LogP contribution in [0.2, 0.25) is 0 Å². The van der Waals surface area contributed by atoms with Gasteiger partial charge in [-0.2, -0.15) is 17.7 Å². The summed E-state index contributed by atoms with van der Waals surface area (Å²) in [6, 6.07) is 0. The van der Waals surface area contributed by atoms with Gasteiger partial charge in [0.2, 0.25) is 0 Å². The lowest BCUT2D eigenvalue weighted by molar-refractivity contribution is -0.151. The second-order valence-corrected chi connectivity index (χ2v) is 3.64. The number of nitrogens with two attached hydrogens (primary N) is 2. The summed E-state index contributed by atoms with van der Waals surface area (Å²) < 4.78 is 0. The molecule has 0 bridgehead atoms. The Balaban J connectivity index is 4.13. The van der Waals surface area contributed by atoms with E-state index in [4.69, 9.17) is 11.6 Å². The number of hydrogen-bond donors (Lipinski definition) is 2. The Morgan fingerprint density at radius 3 is 2.58 bits per heavy atom. The van der Waals surface area contributed by atoms with E-state index in [-0.39, 0.29) is 0 Å². The highest BCUT2D eigenvalue weighted by atomic mass is 32.2. The van der Waals surface area contributed by atoms with Crippen molar-refractivity contribution in [3.8, 4) is 0 Å². The zero-order chi connectivity index (χ0) is 9.61. The van der Waals surface area contributed by atoms with E-state index >= 15 is 0 Å². The maximum Gasteiger partial charge on any atom is 0.344 e. The second kappa shape index (κ2) is 5.40. The minimum atomic E-state index is -0.905. The van der Waals surface area contributed by atoms with E-state index in [1.54, 1.807) is 11.8 Å². The Morgan fingerprint density at radius 2 is 2.25 bits per heavy atom. The fraction of sp³-hybridized carbons (Fsp3) is 0.857. The lowest BCUT2D eigenvalue weighted by Gasteiger charge is -2.23. The van der Waals surface area contributed by atoms with E-state index in [0.717, 1.165) is 5.75 Å². The van der Waals surface area contributed by atoms with Crippen LogP contribution in [0.25, 0.3) is 0 Å². The van der Waals surface area contributed by atoms with Crippen molar-refractivity contribution in [2.75, 3.05) is 12.0 Å². The van der Waals surface area contributed by atoms with Gasteiger partial charge in [0.05, 0.1) is 0 Å². The Bertz CT molecular complexity index is 154. The van der Waals surface area contributed by atoms with Crippen molar-refractivity contribution >= 4 is 17.7 Å². The van der Waals surface area contributed by atoms with Crippen LogP contribution >= 0.6 is 11.8 Å². The van der Waals surface area contributed by atoms with Crippen LogP contribution in [0.15, 0.2) is 0 Å². The number of carbonyl (C=O) groups excluding carboxylic acids is 1. The van der Waals surface area contributed by atoms with Gasteiger partial charge in [-0.05, 0) is 24.9 Å². The zero-order valence-electron chi connectivity index (χ0n) is 7.50. The minimum Gasteiger partial charge on any atom is -0.372 e. The van der Waals surface area contributed by atoms with Crippen molar-refractivity contribution in [1.82, 2.24) is 0 Å². The maximum atomic E-state index is 11.1. The van der Waals surface area contributed by atoms with Gasteiger partial charge in [0, 0.05) is 0 Å². The SMILES string of the molecule is CCC(N)(CCSC)C(=O)ON. The molecule has 0 aliphatic rings. The van der Waals surface area contributed by atoms with Gasteiger partial charge < -0.3 is 10.6 Å². The van der Waals surface area contributed by atoms with Crippen LogP contribution in [0.1, 0.15) is 19.8 Å². The molecule has 4 nitrogen and oxygen atoms in total. The molecule has 0 aliphatic heterocycles. The Labute approximate surface area is 77.0 Å². The van der Waals surface area contributed by atoms with Crippen molar-refractivity contribution in [2.24, 2.45) is 11.6 Å². The molecule has 5 heteroatoms. The summed E-state index contributed by atoms with van der Waals surface area (Å²) in [6.45, 7) is 1.84. The largest absolute Gasteiger partial charge is 0.372 e. The summed E-state index contributed by atoms with van der Waals surface area (Å²) in [4.78, 5) is 15.2. The molecular formula is C7H16N2O2S. The molecule has 0 aliphatic carbocycles. The molecule has 0 aromatic heterocycles. The molecule has 12 heavy (non-hydrogen) atoms. The first-order valence-corrected chi connectivity index (χ1v) is 5.19. The molecule has 0 radical (unpaired) electrons. The van der Waals surface area contributed by atoms with Crippen LogP contribution in [0.3, 0.4) is 0 Å². The Kier molecular flexibility index (Phi) is 5.28. The van der Waals surface area contributed by atoms with Crippen molar-refractivity contribution in [3.63, 3.8) is 0 Å². The van der Waals surface area contributed by atoms with Gasteiger partial charge >= 0.3 is 5.97 Å². The highest BCUT2D eigenvalue weighted by molar-refractivity contribution is 7.98. The molecule has 0 aromatic rings. The van der Waals surface area contributed by atoms with Gasteiger partial charge in [0.1, 0.15) is 5.54 Å². The van der Waals surface area contributed by atoms with Crippen LogP contribution in [0.4, 0.5) is 0 Å². The summed E-state index contributed by atoms with van der Waals surface area (Å²) in [5.41, 5.74) is 4.86. The average molecular weight is 192 g/mol. The number of rotatable bonds is 5. The summed E-state index contributed by atoms with van der Waals surface area (Å²) in [5, 5.41) is 0. The Morgan fingerprint density at radius 1 is 1.67 bits per heavy atom. The van der Waals surface area contributed by atoms with Gasteiger partial charge in [-0.25, -0.2) is 4.79 Å². The molecule has 1 unspecified atom stereocenters. The summed E-state index contributed by atoms with van der Waals surface area (Å²) >= 11 is 1.64.